The molecule has 0 radical (unpaired) electrons. The Morgan fingerprint density at radius 1 is 0.609 bits per heavy atom. The predicted octanol–water partition coefficient (Wildman–Crippen LogP) is 13.5. The lowest BCUT2D eigenvalue weighted by atomic mass is 9.94. The van der Waals surface area contributed by atoms with Gasteiger partial charge in [0.2, 0.25) is 17.7 Å². The van der Waals surface area contributed by atoms with Gasteiger partial charge in [0.15, 0.2) is 11.6 Å². The maximum absolute atomic E-state index is 13.9. The molecule has 0 saturated heterocycles. The van der Waals surface area contributed by atoms with E-state index in [1.54, 1.807) is 6.07 Å². The lowest BCUT2D eigenvalue weighted by molar-refractivity contribution is -0.122. The van der Waals surface area contributed by atoms with Crippen LogP contribution >= 0.6 is 27.5 Å². The van der Waals surface area contributed by atoms with E-state index in [-0.39, 0.29) is 47.0 Å². The van der Waals surface area contributed by atoms with Gasteiger partial charge in [0.25, 0.3) is 0 Å². The molecule has 6 aromatic rings. The molecule has 0 spiro atoms. The fraction of sp³-hybridized carbons (Fsp3) is 0.500. The van der Waals surface area contributed by atoms with Crippen LogP contribution in [0.1, 0.15) is 155 Å². The van der Waals surface area contributed by atoms with Crippen LogP contribution in [0.5, 0.6) is 17.2 Å². The summed E-state index contributed by atoms with van der Waals surface area (Å²) in [6.45, 7) is 21.7. The van der Waals surface area contributed by atoms with Gasteiger partial charge >= 0.3 is 0 Å². The minimum absolute atomic E-state index is 0.0650. The number of benzene rings is 3. The zero-order chi connectivity index (χ0) is 50.5. The number of aromatic nitrogens is 3. The molecule has 0 bridgehead atoms. The molecule has 0 aliphatic rings. The maximum atomic E-state index is 13.9. The Labute approximate surface area is 421 Å². The van der Waals surface area contributed by atoms with Gasteiger partial charge in [-0.1, -0.05) is 72.9 Å². The van der Waals surface area contributed by atoms with Crippen molar-refractivity contribution in [2.75, 3.05) is 39.5 Å². The number of carbonyl (C=O) groups is 3. The first-order valence-corrected chi connectivity index (χ1v) is 26.0. The summed E-state index contributed by atoms with van der Waals surface area (Å²) in [6.07, 6.45) is 13.5. The first-order chi connectivity index (χ1) is 33.2. The fourth-order valence-electron chi connectivity index (χ4n) is 8.02. The number of ether oxygens (including phenoxy) is 3. The van der Waals surface area contributed by atoms with E-state index in [2.05, 4.69) is 67.6 Å². The summed E-state index contributed by atoms with van der Waals surface area (Å²) in [6, 6.07) is 11.2. The monoisotopic (exact) mass is 1040 g/mol. The van der Waals surface area contributed by atoms with Crippen molar-refractivity contribution in [3.8, 4) is 17.2 Å². The van der Waals surface area contributed by atoms with Crippen LogP contribution in [0.2, 0.25) is 5.02 Å². The van der Waals surface area contributed by atoms with Gasteiger partial charge in [-0.05, 0) is 102 Å². The molecule has 3 aromatic heterocycles. The summed E-state index contributed by atoms with van der Waals surface area (Å²) in [7, 11) is 0. The van der Waals surface area contributed by atoms with Gasteiger partial charge in [0.1, 0.15) is 11.5 Å². The molecule has 0 fully saturated rings. The normalized spacial score (nSPS) is 12.3. The van der Waals surface area contributed by atoms with Crippen LogP contribution in [0.15, 0.2) is 59.5 Å². The summed E-state index contributed by atoms with van der Waals surface area (Å²) in [4.78, 5) is 44.5. The fourth-order valence-corrected chi connectivity index (χ4v) is 8.70. The van der Waals surface area contributed by atoms with E-state index in [1.807, 2.05) is 84.4 Å². The summed E-state index contributed by atoms with van der Waals surface area (Å²) in [5.74, 6) is 2.40. The SMILES string of the molecule is CCCC(=O)NCC(C)c1c[nH]c2cc(F)c(OCC)cc12.CCCCOc1cc2c(C(CCC)CNC(=O)CCC)c[nH]c2cc1Cl.CCOc1cc2c(C(C)CNC(=O)CC)c[nH]c2cc1Br. The number of hydrogen-bond acceptors (Lipinski definition) is 6. The van der Waals surface area contributed by atoms with Crippen molar-refractivity contribution in [1.82, 2.24) is 30.9 Å². The molecule has 3 unspecified atom stereocenters. The lowest BCUT2D eigenvalue weighted by Crippen LogP contribution is -2.28. The smallest absolute Gasteiger partial charge is 0.220 e. The van der Waals surface area contributed by atoms with E-state index in [0.29, 0.717) is 63.7 Å². The maximum Gasteiger partial charge on any atom is 0.220 e. The molecule has 69 heavy (non-hydrogen) atoms. The number of fused-ring (bicyclic) bond motifs is 3. The van der Waals surface area contributed by atoms with Crippen LogP contribution in [0.3, 0.4) is 0 Å². The number of H-pyrrole nitrogens is 3. The molecule has 6 rings (SSSR count). The summed E-state index contributed by atoms with van der Waals surface area (Å²) < 4.78 is 31.6. The lowest BCUT2D eigenvalue weighted by Gasteiger charge is -2.17. The zero-order valence-electron chi connectivity index (χ0n) is 42.1. The second kappa shape index (κ2) is 29.1. The Kier molecular flexibility index (Phi) is 23.8. The second-order valence-electron chi connectivity index (χ2n) is 17.3. The number of unbranched alkanes of at least 4 members (excludes halogenated alkanes) is 1. The molecule has 0 aliphatic heterocycles. The average Bonchev–Trinajstić information content (AvgIpc) is 4.06. The van der Waals surface area contributed by atoms with E-state index < -0.39 is 0 Å². The number of amides is 3. The van der Waals surface area contributed by atoms with Crippen molar-refractivity contribution < 1.29 is 33.0 Å². The van der Waals surface area contributed by atoms with E-state index >= 15 is 0 Å². The average molecular weight is 1040 g/mol. The molecule has 3 aromatic carbocycles. The minimum atomic E-state index is -0.369. The van der Waals surface area contributed by atoms with Gasteiger partial charge in [0.05, 0.1) is 29.3 Å². The van der Waals surface area contributed by atoms with E-state index in [0.717, 1.165) is 92.8 Å². The Morgan fingerprint density at radius 2 is 1.10 bits per heavy atom. The van der Waals surface area contributed by atoms with Gasteiger partial charge in [-0.2, -0.15) is 0 Å². The van der Waals surface area contributed by atoms with Crippen LogP contribution in [0.25, 0.3) is 32.7 Å². The predicted molar refractivity (Wildman–Crippen MR) is 284 cm³/mol. The van der Waals surface area contributed by atoms with E-state index in [1.165, 1.54) is 17.2 Å². The minimum Gasteiger partial charge on any atom is -0.493 e. The van der Waals surface area contributed by atoms with Gasteiger partial charge < -0.3 is 45.1 Å². The molecule has 378 valence electrons. The number of carbonyl (C=O) groups excluding carboxylic acids is 3. The molecule has 0 aliphatic carbocycles. The molecule has 0 saturated carbocycles. The summed E-state index contributed by atoms with van der Waals surface area (Å²) >= 11 is 9.89. The quantitative estimate of drug-likeness (QED) is 0.0331. The van der Waals surface area contributed by atoms with Crippen LogP contribution in [0, 0.1) is 5.82 Å². The molecule has 12 nitrogen and oxygen atoms in total. The summed E-state index contributed by atoms with van der Waals surface area (Å²) in [5, 5.41) is 12.8. The second-order valence-corrected chi connectivity index (χ2v) is 18.6. The van der Waals surface area contributed by atoms with E-state index in [9.17, 15) is 18.8 Å². The van der Waals surface area contributed by atoms with Crippen molar-refractivity contribution in [3.63, 3.8) is 0 Å². The van der Waals surface area contributed by atoms with Crippen molar-refractivity contribution in [2.45, 2.75) is 138 Å². The molecule has 3 heterocycles. The van der Waals surface area contributed by atoms with Crippen molar-refractivity contribution >= 4 is 78.0 Å². The molecular weight excluding hydrogens is 963 g/mol. The number of aromatic amines is 3. The highest BCUT2D eigenvalue weighted by Crippen LogP contribution is 2.37. The standard InChI is InChI=1S/C21H31ClN2O2.C17H23FN2O2.C16H21BrN2O2/c1-4-7-10-26-20-11-16-17(14-23-19(16)12-18(20)22)15(8-5-2)13-24-21(25)9-6-3;1-4-6-17(21)20-9-11(3)13-10-19-15-8-14(18)16(22-5-2)7-12(13)15;1-4-16(20)19-8-10(3)12-9-18-14-7-13(17)15(21-5-2)6-11(12)14/h11-12,14-15,23H,4-10,13H2,1-3H3,(H,24,25);7-8,10-11,19H,4-6,9H2,1-3H3,(H,20,21);6-7,9-10,18H,4-5,8H2,1-3H3,(H,19,20). The van der Waals surface area contributed by atoms with Crippen LogP contribution in [-0.2, 0) is 14.4 Å². The van der Waals surface area contributed by atoms with Gasteiger partial charge in [-0.3, -0.25) is 14.4 Å². The van der Waals surface area contributed by atoms with Crippen molar-refractivity contribution in [2.24, 2.45) is 0 Å². The Hall–Kier alpha value is -5.21. The Balaban J connectivity index is 0.000000227. The number of nitrogens with one attached hydrogen (secondary N) is 6. The van der Waals surface area contributed by atoms with Gasteiger partial charge in [0, 0.05) is 114 Å². The van der Waals surface area contributed by atoms with Crippen LogP contribution in [0.4, 0.5) is 4.39 Å². The van der Waals surface area contributed by atoms with Gasteiger partial charge in [-0.15, -0.1) is 0 Å². The number of halogens is 3. The Morgan fingerprint density at radius 3 is 1.65 bits per heavy atom. The zero-order valence-corrected chi connectivity index (χ0v) is 44.5. The Bertz CT molecular complexity index is 2560. The van der Waals surface area contributed by atoms with Crippen LogP contribution < -0.4 is 30.2 Å². The number of hydrogen-bond donors (Lipinski definition) is 6. The topological polar surface area (TPSA) is 162 Å². The number of rotatable bonds is 24. The molecule has 3 atom stereocenters. The highest BCUT2D eigenvalue weighted by Gasteiger charge is 2.20. The third-order valence-corrected chi connectivity index (χ3v) is 12.7. The molecular formula is C54H75BrClFN6O6. The highest BCUT2D eigenvalue weighted by atomic mass is 79.9. The third-order valence-electron chi connectivity index (χ3n) is 11.8. The van der Waals surface area contributed by atoms with Gasteiger partial charge in [-0.25, -0.2) is 4.39 Å². The van der Waals surface area contributed by atoms with Crippen molar-refractivity contribution in [3.05, 3.63) is 87.0 Å². The van der Waals surface area contributed by atoms with Crippen molar-refractivity contribution in [1.29, 1.82) is 0 Å². The van der Waals surface area contributed by atoms with Crippen LogP contribution in [-0.4, -0.2) is 72.1 Å². The molecule has 3 amide bonds. The highest BCUT2D eigenvalue weighted by molar-refractivity contribution is 9.10. The summed E-state index contributed by atoms with van der Waals surface area (Å²) in [5.41, 5.74) is 6.27. The van der Waals surface area contributed by atoms with E-state index in [4.69, 9.17) is 25.8 Å². The third kappa shape index (κ3) is 16.4. The molecule has 6 N–H and O–H groups in total. The first-order valence-electron chi connectivity index (χ1n) is 24.8. The first kappa shape index (κ1) is 56.4. The largest absolute Gasteiger partial charge is 0.493 e. The molecule has 15 heteroatoms.